The average molecular weight is 311 g/mol. The van der Waals surface area contributed by atoms with Gasteiger partial charge < -0.3 is 15.8 Å². The van der Waals surface area contributed by atoms with E-state index in [-0.39, 0.29) is 17.5 Å². The first-order valence-corrected chi connectivity index (χ1v) is 7.37. The second-order valence-corrected chi connectivity index (χ2v) is 7.12. The molecule has 0 aliphatic carbocycles. The predicted molar refractivity (Wildman–Crippen MR) is 86.1 cm³/mol. The molecule has 1 atom stereocenters. The first kappa shape index (κ1) is 16.1. The van der Waals surface area contributed by atoms with E-state index in [0.717, 1.165) is 12.1 Å². The zero-order valence-electron chi connectivity index (χ0n) is 12.9. The van der Waals surface area contributed by atoms with Gasteiger partial charge in [-0.1, -0.05) is 11.6 Å². The van der Waals surface area contributed by atoms with Crippen LogP contribution in [0.1, 0.15) is 34.1 Å². The highest BCUT2D eigenvalue weighted by molar-refractivity contribution is 6.30. The Bertz CT molecular complexity index is 527. The summed E-state index contributed by atoms with van der Waals surface area (Å²) in [4.78, 5) is 0. The summed E-state index contributed by atoms with van der Waals surface area (Å²) in [5.74, 6) is 0.210. The van der Waals surface area contributed by atoms with Crippen molar-refractivity contribution < 1.29 is 5.21 Å². The summed E-state index contributed by atoms with van der Waals surface area (Å²) in [7, 11) is 0. The van der Waals surface area contributed by atoms with Gasteiger partial charge >= 0.3 is 0 Å². The van der Waals surface area contributed by atoms with Crippen molar-refractivity contribution in [1.82, 2.24) is 10.4 Å². The van der Waals surface area contributed by atoms with E-state index in [1.54, 1.807) is 12.1 Å². The molecule has 21 heavy (non-hydrogen) atoms. The van der Waals surface area contributed by atoms with Crippen LogP contribution < -0.4 is 10.6 Å². The number of hydroxylamine groups is 2. The molecule has 1 unspecified atom stereocenters. The van der Waals surface area contributed by atoms with Crippen molar-refractivity contribution in [3.8, 4) is 0 Å². The lowest BCUT2D eigenvalue weighted by Crippen LogP contribution is -2.53. The molecule has 1 aromatic carbocycles. The number of halogens is 1. The Labute approximate surface area is 130 Å². The summed E-state index contributed by atoms with van der Waals surface area (Å²) >= 11 is 5.84. The molecular formula is C15H23ClN4O. The maximum absolute atomic E-state index is 10.3. The van der Waals surface area contributed by atoms with Gasteiger partial charge in [-0.05, 0) is 58.4 Å². The fraction of sp³-hybridized carbons (Fsp3) is 0.533. The summed E-state index contributed by atoms with van der Waals surface area (Å²) in [6.07, 6.45) is 0.751. The highest BCUT2D eigenvalue weighted by Crippen LogP contribution is 2.38. The van der Waals surface area contributed by atoms with Crippen LogP contribution in [0.5, 0.6) is 0 Å². The molecule has 1 aliphatic heterocycles. The van der Waals surface area contributed by atoms with Gasteiger partial charge in [-0.2, -0.15) is 5.06 Å². The molecule has 0 aromatic heterocycles. The zero-order chi connectivity index (χ0) is 15.8. The fourth-order valence-corrected chi connectivity index (χ4v) is 3.00. The van der Waals surface area contributed by atoms with E-state index in [4.69, 9.17) is 17.0 Å². The predicted octanol–water partition coefficient (Wildman–Crippen LogP) is 3.30. The van der Waals surface area contributed by atoms with Gasteiger partial charge in [0.25, 0.3) is 0 Å². The molecule has 1 fully saturated rings. The number of nitrogens with one attached hydrogen (secondary N) is 3. The number of anilines is 1. The zero-order valence-corrected chi connectivity index (χ0v) is 13.6. The van der Waals surface area contributed by atoms with Crippen LogP contribution in [0.4, 0.5) is 5.69 Å². The van der Waals surface area contributed by atoms with Crippen LogP contribution in [0.2, 0.25) is 5.02 Å². The van der Waals surface area contributed by atoms with E-state index in [0.29, 0.717) is 5.02 Å². The second kappa shape index (κ2) is 5.48. The molecule has 116 valence electrons. The van der Waals surface area contributed by atoms with Crippen molar-refractivity contribution >= 4 is 23.2 Å². The van der Waals surface area contributed by atoms with Gasteiger partial charge in [0.1, 0.15) is 0 Å². The SMILES string of the molecule is CC1(C)CC(NC(=N)Nc2ccc(Cl)cc2)C(C)(C)N1O. The first-order chi connectivity index (χ1) is 9.63. The minimum atomic E-state index is -0.447. The lowest BCUT2D eigenvalue weighted by atomic mass is 9.94. The number of hydrogen-bond acceptors (Lipinski definition) is 3. The van der Waals surface area contributed by atoms with Crippen molar-refractivity contribution in [1.29, 1.82) is 5.41 Å². The van der Waals surface area contributed by atoms with Crippen LogP contribution in [0.15, 0.2) is 24.3 Å². The van der Waals surface area contributed by atoms with E-state index >= 15 is 0 Å². The molecule has 6 heteroatoms. The molecule has 2 rings (SSSR count). The Morgan fingerprint density at radius 3 is 2.33 bits per heavy atom. The van der Waals surface area contributed by atoms with Gasteiger partial charge in [-0.3, -0.25) is 5.41 Å². The van der Waals surface area contributed by atoms with E-state index in [1.165, 1.54) is 5.06 Å². The Morgan fingerprint density at radius 2 is 1.86 bits per heavy atom. The molecule has 4 N–H and O–H groups in total. The van der Waals surface area contributed by atoms with Crippen LogP contribution in [0.3, 0.4) is 0 Å². The van der Waals surface area contributed by atoms with Crippen molar-refractivity contribution in [2.24, 2.45) is 0 Å². The Balaban J connectivity index is 2.01. The smallest absolute Gasteiger partial charge is 0.193 e. The minimum Gasteiger partial charge on any atom is -0.352 e. The van der Waals surface area contributed by atoms with Crippen LogP contribution in [-0.2, 0) is 0 Å². The topological polar surface area (TPSA) is 71.4 Å². The van der Waals surface area contributed by atoms with E-state index in [9.17, 15) is 5.21 Å². The van der Waals surface area contributed by atoms with Crippen LogP contribution in [0, 0.1) is 5.41 Å². The molecule has 0 spiro atoms. The molecule has 0 saturated carbocycles. The quantitative estimate of drug-likeness (QED) is 0.500. The van der Waals surface area contributed by atoms with Crippen molar-refractivity contribution in [3.63, 3.8) is 0 Å². The molecule has 5 nitrogen and oxygen atoms in total. The third-order valence-corrected chi connectivity index (χ3v) is 4.36. The van der Waals surface area contributed by atoms with Crippen molar-refractivity contribution in [3.05, 3.63) is 29.3 Å². The summed E-state index contributed by atoms with van der Waals surface area (Å²) in [6, 6.07) is 7.16. The van der Waals surface area contributed by atoms with Gasteiger partial charge in [-0.25, -0.2) is 0 Å². The van der Waals surface area contributed by atoms with Crippen LogP contribution >= 0.6 is 11.6 Å². The average Bonchev–Trinajstić information content (AvgIpc) is 2.53. The maximum atomic E-state index is 10.3. The Morgan fingerprint density at radius 1 is 1.29 bits per heavy atom. The summed E-state index contributed by atoms with van der Waals surface area (Å²) < 4.78 is 0. The molecule has 0 radical (unpaired) electrons. The van der Waals surface area contributed by atoms with Crippen molar-refractivity contribution in [2.45, 2.75) is 51.2 Å². The first-order valence-electron chi connectivity index (χ1n) is 7.00. The van der Waals surface area contributed by atoms with Crippen molar-refractivity contribution in [2.75, 3.05) is 5.32 Å². The van der Waals surface area contributed by atoms with E-state index in [2.05, 4.69) is 10.6 Å². The molecule has 0 amide bonds. The van der Waals surface area contributed by atoms with Crippen LogP contribution in [-0.4, -0.2) is 33.3 Å². The number of hydrogen-bond donors (Lipinski definition) is 4. The third-order valence-electron chi connectivity index (χ3n) is 4.11. The number of nitrogens with zero attached hydrogens (tertiary/aromatic N) is 1. The molecule has 1 heterocycles. The highest BCUT2D eigenvalue weighted by Gasteiger charge is 2.51. The van der Waals surface area contributed by atoms with Gasteiger partial charge in [0.05, 0.1) is 11.6 Å². The maximum Gasteiger partial charge on any atom is 0.193 e. The second-order valence-electron chi connectivity index (χ2n) is 6.69. The fourth-order valence-electron chi connectivity index (χ4n) is 2.88. The van der Waals surface area contributed by atoms with E-state index < -0.39 is 5.54 Å². The molecular weight excluding hydrogens is 288 g/mol. The molecule has 0 bridgehead atoms. The Kier molecular flexibility index (Phi) is 4.19. The van der Waals surface area contributed by atoms with E-state index in [1.807, 2.05) is 39.8 Å². The monoisotopic (exact) mass is 310 g/mol. The lowest BCUT2D eigenvalue weighted by Gasteiger charge is -2.36. The Hall–Kier alpha value is -1.30. The summed E-state index contributed by atoms with van der Waals surface area (Å²) in [5.41, 5.74) is 0.0342. The summed E-state index contributed by atoms with van der Waals surface area (Å²) in [6.45, 7) is 7.92. The van der Waals surface area contributed by atoms with Gasteiger partial charge in [-0.15, -0.1) is 0 Å². The number of guanidine groups is 1. The standard InChI is InChI=1S/C15H23ClN4O/c1-14(2)9-12(15(3,4)20(14)21)19-13(17)18-11-7-5-10(16)6-8-11/h5-8,12,21H,9H2,1-4H3,(H3,17,18,19). The number of rotatable bonds is 2. The molecule has 1 saturated heterocycles. The van der Waals surface area contributed by atoms with Gasteiger partial charge in [0, 0.05) is 16.2 Å². The normalized spacial score (nSPS) is 23.8. The van der Waals surface area contributed by atoms with Gasteiger partial charge in [0.2, 0.25) is 0 Å². The highest BCUT2D eigenvalue weighted by atomic mass is 35.5. The largest absolute Gasteiger partial charge is 0.352 e. The number of benzene rings is 1. The molecule has 1 aromatic rings. The third kappa shape index (κ3) is 3.31. The minimum absolute atomic E-state index is 0.0233. The molecule has 1 aliphatic rings. The van der Waals surface area contributed by atoms with Crippen LogP contribution in [0.25, 0.3) is 0 Å². The summed E-state index contributed by atoms with van der Waals surface area (Å²) in [5, 5.41) is 26.5. The lowest BCUT2D eigenvalue weighted by molar-refractivity contribution is -0.193. The van der Waals surface area contributed by atoms with Gasteiger partial charge in [0.15, 0.2) is 5.96 Å².